The summed E-state index contributed by atoms with van der Waals surface area (Å²) in [6.07, 6.45) is 5.76. The number of benzene rings is 2. The van der Waals surface area contributed by atoms with Gasteiger partial charge in [-0.2, -0.15) is 5.26 Å². The molecule has 4 aromatic rings. The van der Waals surface area contributed by atoms with Gasteiger partial charge in [0.05, 0.1) is 40.7 Å². The minimum atomic E-state index is -0.851. The maximum absolute atomic E-state index is 14.2. The Bertz CT molecular complexity index is 1820. The number of anilines is 1. The third-order valence-electron chi connectivity index (χ3n) is 8.43. The molecule has 1 unspecified atom stereocenters. The zero-order valence-electron chi connectivity index (χ0n) is 28.3. The smallest absolute Gasteiger partial charge is 0.413 e. The average molecular weight is 697 g/mol. The summed E-state index contributed by atoms with van der Waals surface area (Å²) in [6, 6.07) is 20.2. The van der Waals surface area contributed by atoms with Crippen LogP contribution in [0.5, 0.6) is 0 Å². The Balaban J connectivity index is 1.27. The van der Waals surface area contributed by atoms with Crippen molar-refractivity contribution in [3.05, 3.63) is 112 Å². The molecule has 2 atom stereocenters. The van der Waals surface area contributed by atoms with Crippen molar-refractivity contribution in [3.63, 3.8) is 0 Å². The number of nitriles is 1. The number of H-pyrrole nitrogens is 1. The van der Waals surface area contributed by atoms with Crippen LogP contribution in [-0.2, 0) is 28.0 Å². The first kappa shape index (κ1) is 36.0. The summed E-state index contributed by atoms with van der Waals surface area (Å²) in [5.74, 6) is -0.441. The number of carbonyl (C=O) groups excluding carboxylic acids is 3. The second kappa shape index (κ2) is 16.0. The van der Waals surface area contributed by atoms with Gasteiger partial charge in [0, 0.05) is 37.1 Å². The van der Waals surface area contributed by atoms with Crippen molar-refractivity contribution in [2.45, 2.75) is 57.7 Å². The fourth-order valence-corrected chi connectivity index (χ4v) is 6.34. The molecule has 50 heavy (non-hydrogen) atoms. The van der Waals surface area contributed by atoms with Gasteiger partial charge in [0.2, 0.25) is 5.91 Å². The zero-order valence-corrected chi connectivity index (χ0v) is 29.1. The second-order valence-corrected chi connectivity index (χ2v) is 13.7. The van der Waals surface area contributed by atoms with Gasteiger partial charge in [0.25, 0.3) is 5.91 Å². The molecule has 0 spiro atoms. The van der Waals surface area contributed by atoms with E-state index in [0.29, 0.717) is 61.6 Å². The lowest BCUT2D eigenvalue weighted by molar-refractivity contribution is -0.134. The van der Waals surface area contributed by atoms with Crippen LogP contribution in [-0.4, -0.2) is 63.0 Å². The van der Waals surface area contributed by atoms with Gasteiger partial charge >= 0.3 is 6.09 Å². The van der Waals surface area contributed by atoms with E-state index in [9.17, 15) is 19.6 Å². The third kappa shape index (κ3) is 9.25. The number of pyridine rings is 1. The van der Waals surface area contributed by atoms with E-state index in [2.05, 4.69) is 37.0 Å². The molecule has 2 aromatic heterocycles. The number of hydrogen-bond donors (Lipinski definition) is 4. The number of likely N-dealkylation sites (tertiary alicyclic amines) is 1. The zero-order chi connectivity index (χ0) is 35.7. The van der Waals surface area contributed by atoms with Gasteiger partial charge in [-0.05, 0) is 94.1 Å². The van der Waals surface area contributed by atoms with Crippen LogP contribution in [0.1, 0.15) is 66.4 Å². The maximum Gasteiger partial charge on any atom is 0.413 e. The number of carbonyl (C=O) groups is 3. The first-order chi connectivity index (χ1) is 24.0. The number of halogens is 1. The lowest BCUT2D eigenvalue weighted by atomic mass is 9.75. The van der Waals surface area contributed by atoms with Crippen LogP contribution in [0.2, 0.25) is 5.02 Å². The van der Waals surface area contributed by atoms with Crippen LogP contribution in [0, 0.1) is 17.2 Å². The van der Waals surface area contributed by atoms with Crippen molar-refractivity contribution < 1.29 is 19.1 Å². The number of hydrogen-bond acceptors (Lipinski definition) is 8. The number of aromatic amines is 1. The van der Waals surface area contributed by atoms with Crippen molar-refractivity contribution in [1.82, 2.24) is 30.5 Å². The number of rotatable bonds is 13. The average Bonchev–Trinajstić information content (AvgIpc) is 3.75. The van der Waals surface area contributed by atoms with Gasteiger partial charge in [0.1, 0.15) is 11.4 Å². The Morgan fingerprint density at radius 1 is 1.08 bits per heavy atom. The van der Waals surface area contributed by atoms with Crippen LogP contribution in [0.15, 0.2) is 79.4 Å². The fourth-order valence-electron chi connectivity index (χ4n) is 6.13. The molecule has 0 aliphatic carbocycles. The van der Waals surface area contributed by atoms with Gasteiger partial charge < -0.3 is 25.3 Å². The van der Waals surface area contributed by atoms with Gasteiger partial charge in [-0.1, -0.05) is 35.9 Å². The maximum atomic E-state index is 14.2. The number of imidazole rings is 1. The van der Waals surface area contributed by atoms with Gasteiger partial charge in [0.15, 0.2) is 0 Å². The minimum absolute atomic E-state index is 0.0196. The lowest BCUT2D eigenvalue weighted by Gasteiger charge is -2.39. The number of ether oxygens (including phenoxy) is 1. The molecule has 3 heterocycles. The normalized spacial score (nSPS) is 15.6. The summed E-state index contributed by atoms with van der Waals surface area (Å²) in [5, 5.41) is 19.2. The molecule has 1 aliphatic rings. The van der Waals surface area contributed by atoms with E-state index in [0.717, 1.165) is 16.8 Å². The largest absolute Gasteiger partial charge is 0.444 e. The van der Waals surface area contributed by atoms with Crippen LogP contribution >= 0.6 is 11.6 Å². The molecular weight excluding hydrogens is 656 g/mol. The molecule has 0 saturated carbocycles. The summed E-state index contributed by atoms with van der Waals surface area (Å²) in [7, 11) is 0. The van der Waals surface area contributed by atoms with E-state index in [1.54, 1.807) is 51.5 Å². The summed E-state index contributed by atoms with van der Waals surface area (Å²) < 4.78 is 5.24. The molecular formula is C37H41ClN8O4. The highest BCUT2D eigenvalue weighted by Gasteiger charge is 2.49. The van der Waals surface area contributed by atoms with Gasteiger partial charge in [-0.25, -0.2) is 14.8 Å². The Kier molecular flexibility index (Phi) is 11.5. The Hall–Kier alpha value is -5.25. The first-order valence-electron chi connectivity index (χ1n) is 16.5. The molecule has 1 fully saturated rings. The highest BCUT2D eigenvalue weighted by atomic mass is 35.5. The second-order valence-electron chi connectivity index (χ2n) is 13.2. The van der Waals surface area contributed by atoms with Gasteiger partial charge in [-0.3, -0.25) is 14.9 Å². The summed E-state index contributed by atoms with van der Waals surface area (Å²) in [5.41, 5.74) is 2.09. The van der Waals surface area contributed by atoms with Crippen LogP contribution in [0.4, 0.5) is 10.6 Å². The first-order valence-corrected chi connectivity index (χ1v) is 16.8. The quantitative estimate of drug-likeness (QED) is 0.132. The molecule has 12 nitrogen and oxygen atoms in total. The monoisotopic (exact) mass is 696 g/mol. The third-order valence-corrected chi connectivity index (χ3v) is 8.67. The van der Waals surface area contributed by atoms with E-state index in [1.165, 1.54) is 12.3 Å². The van der Waals surface area contributed by atoms with Crippen molar-refractivity contribution >= 4 is 35.3 Å². The molecule has 0 radical (unpaired) electrons. The Morgan fingerprint density at radius 2 is 1.88 bits per heavy atom. The molecule has 13 heteroatoms. The van der Waals surface area contributed by atoms with Crippen molar-refractivity contribution in [3.8, 4) is 6.07 Å². The molecule has 4 N–H and O–H groups in total. The van der Waals surface area contributed by atoms with E-state index in [-0.39, 0.29) is 17.6 Å². The van der Waals surface area contributed by atoms with Crippen LogP contribution in [0.3, 0.4) is 0 Å². The number of nitrogens with zero attached hydrogens (tertiary/aromatic N) is 4. The van der Waals surface area contributed by atoms with Gasteiger partial charge in [-0.15, -0.1) is 0 Å². The van der Waals surface area contributed by atoms with Crippen molar-refractivity contribution in [1.29, 1.82) is 5.26 Å². The predicted molar refractivity (Wildman–Crippen MR) is 189 cm³/mol. The Labute approximate surface area is 296 Å². The summed E-state index contributed by atoms with van der Waals surface area (Å²) >= 11 is 6.23. The Morgan fingerprint density at radius 3 is 2.54 bits per heavy atom. The van der Waals surface area contributed by atoms with Crippen molar-refractivity contribution in [2.75, 3.05) is 25.0 Å². The number of aromatic nitrogens is 3. The molecule has 0 bridgehead atoms. The molecule has 5 rings (SSSR count). The van der Waals surface area contributed by atoms with Crippen LogP contribution < -0.4 is 16.0 Å². The molecule has 2 aromatic carbocycles. The predicted octanol–water partition coefficient (Wildman–Crippen LogP) is 5.57. The fraction of sp³-hybridized carbons (Fsp3) is 0.351. The van der Waals surface area contributed by atoms with E-state index >= 15 is 0 Å². The molecule has 1 saturated heterocycles. The van der Waals surface area contributed by atoms with Crippen LogP contribution in [0.25, 0.3) is 0 Å². The summed E-state index contributed by atoms with van der Waals surface area (Å²) in [4.78, 5) is 52.7. The number of amides is 3. The standard InChI is InChI=1S/C37H41ClN8O4/c1-36(2,3)50-35(49)45-32-13-12-28(21-42-32)33(47)41-15-5-16-44-37(31-22-40-24-43-31,19-25-8-10-26(20-39)11-9-25)30-14-17-46(34(30)48)23-27-6-4-7-29(38)18-27/h4,6-13,18,21-22,24,30,44H,5,14-17,19,23H2,1-3H3,(H,40,43)(H,41,47)(H,42,45,49)/t30?,37-/m0/s1. The molecule has 3 amide bonds. The highest BCUT2D eigenvalue weighted by molar-refractivity contribution is 6.30. The number of nitrogens with one attached hydrogen (secondary N) is 4. The van der Waals surface area contributed by atoms with E-state index in [4.69, 9.17) is 16.3 Å². The van der Waals surface area contributed by atoms with E-state index < -0.39 is 23.2 Å². The molecule has 1 aliphatic heterocycles. The SMILES string of the molecule is CC(C)(C)OC(=O)Nc1ccc(C(=O)NCCCN[C@](Cc2ccc(C#N)cc2)(c2cnc[nH]2)C2CCN(Cc3cccc(Cl)c3)C2=O)cn1. The molecule has 260 valence electrons. The highest BCUT2D eigenvalue weighted by Crippen LogP contribution is 2.39. The summed E-state index contributed by atoms with van der Waals surface area (Å²) in [6.45, 7) is 7.16. The minimum Gasteiger partial charge on any atom is -0.444 e. The van der Waals surface area contributed by atoms with Crippen molar-refractivity contribution in [2.24, 2.45) is 5.92 Å². The lowest BCUT2D eigenvalue weighted by Crippen LogP contribution is -2.53. The topological polar surface area (TPSA) is 165 Å². The van der Waals surface area contributed by atoms with E-state index in [1.807, 2.05) is 41.3 Å².